The number of nitrogens with one attached hydrogen (secondary N) is 2. The highest BCUT2D eigenvalue weighted by Gasteiger charge is 2.28. The normalized spacial score (nSPS) is 13.7. The molecule has 10 nitrogen and oxygen atoms in total. The van der Waals surface area contributed by atoms with E-state index in [0.29, 0.717) is 19.4 Å². The summed E-state index contributed by atoms with van der Waals surface area (Å²) in [5, 5.41) is 14.3. The quantitative estimate of drug-likeness (QED) is 0.208. The molecule has 0 radical (unpaired) electrons. The smallest absolute Gasteiger partial charge is 0.326 e. The van der Waals surface area contributed by atoms with E-state index in [4.69, 9.17) is 17.2 Å². The lowest BCUT2D eigenvalue weighted by atomic mass is 10.0. The topological polar surface area (TPSA) is 191 Å². The van der Waals surface area contributed by atoms with Gasteiger partial charge >= 0.3 is 5.97 Å². The van der Waals surface area contributed by atoms with Crippen LogP contribution in [0.4, 0.5) is 0 Å². The minimum Gasteiger partial charge on any atom is -0.480 e. The molecule has 1 rings (SSSR count). The third-order valence-electron chi connectivity index (χ3n) is 4.52. The molecule has 1 aromatic rings. The van der Waals surface area contributed by atoms with E-state index < -0.39 is 41.8 Å². The Bertz CT molecular complexity index is 713. The van der Waals surface area contributed by atoms with E-state index in [0.717, 1.165) is 12.0 Å². The second kappa shape index (κ2) is 13.3. The maximum Gasteiger partial charge on any atom is 0.326 e. The van der Waals surface area contributed by atoms with Crippen molar-refractivity contribution in [3.05, 3.63) is 35.9 Å². The summed E-state index contributed by atoms with van der Waals surface area (Å²) < 4.78 is 0. The van der Waals surface area contributed by atoms with Crippen LogP contribution in [0.25, 0.3) is 0 Å². The van der Waals surface area contributed by atoms with Crippen LogP contribution in [0.2, 0.25) is 0 Å². The summed E-state index contributed by atoms with van der Waals surface area (Å²) >= 11 is 0. The molecule has 0 saturated carbocycles. The van der Waals surface area contributed by atoms with Crippen LogP contribution in [0.15, 0.2) is 30.3 Å². The Morgan fingerprint density at radius 1 is 0.933 bits per heavy atom. The van der Waals surface area contributed by atoms with Gasteiger partial charge in [0.15, 0.2) is 0 Å². The Balaban J connectivity index is 2.87. The average molecular weight is 421 g/mol. The zero-order valence-electron chi connectivity index (χ0n) is 16.9. The number of hydrogen-bond acceptors (Lipinski definition) is 6. The minimum atomic E-state index is -1.31. The number of benzene rings is 1. The predicted octanol–water partition coefficient (Wildman–Crippen LogP) is -0.995. The van der Waals surface area contributed by atoms with Crippen LogP contribution < -0.4 is 27.8 Å². The number of primary amides is 1. The van der Waals surface area contributed by atoms with E-state index in [1.807, 2.05) is 6.07 Å². The standard InChI is InChI=1S/C20H31N5O5/c21-11-5-4-8-14(22)18(27)25-16(12-13-6-2-1-3-7-13)19(28)24-15(20(29)30)9-10-17(23)26/h1-3,6-7,14-16H,4-5,8-12,21-22H2,(H2,23,26)(H,24,28)(H,25,27)(H,29,30)/t14-,15-,16-/m0/s1. The molecule has 0 aliphatic heterocycles. The zero-order valence-corrected chi connectivity index (χ0v) is 16.9. The van der Waals surface area contributed by atoms with Crippen molar-refractivity contribution in [1.29, 1.82) is 0 Å². The van der Waals surface area contributed by atoms with Gasteiger partial charge in [0, 0.05) is 12.8 Å². The number of aliphatic carboxylic acids is 1. The van der Waals surface area contributed by atoms with Crippen LogP contribution in [-0.2, 0) is 25.6 Å². The first-order chi connectivity index (χ1) is 14.2. The first kappa shape index (κ1) is 25.1. The van der Waals surface area contributed by atoms with E-state index in [1.54, 1.807) is 24.3 Å². The molecule has 0 aromatic heterocycles. The third-order valence-corrected chi connectivity index (χ3v) is 4.52. The fraction of sp³-hybridized carbons (Fsp3) is 0.500. The molecule has 0 unspecified atom stereocenters. The maximum atomic E-state index is 12.8. The second-order valence-corrected chi connectivity index (χ2v) is 7.05. The number of carboxylic acids is 1. The lowest BCUT2D eigenvalue weighted by molar-refractivity contribution is -0.142. The summed E-state index contributed by atoms with van der Waals surface area (Å²) in [6.45, 7) is 0.495. The lowest BCUT2D eigenvalue weighted by Crippen LogP contribution is -2.55. The monoisotopic (exact) mass is 421 g/mol. The van der Waals surface area contributed by atoms with Crippen LogP contribution in [0.5, 0.6) is 0 Å². The Hall–Kier alpha value is -2.98. The number of carbonyl (C=O) groups excluding carboxylic acids is 3. The largest absolute Gasteiger partial charge is 0.480 e. The Kier molecular flexibility index (Phi) is 11.1. The predicted molar refractivity (Wildman–Crippen MR) is 111 cm³/mol. The molecule has 0 aliphatic rings. The fourth-order valence-corrected chi connectivity index (χ4v) is 2.79. The molecular weight excluding hydrogens is 390 g/mol. The number of carbonyl (C=O) groups is 4. The summed E-state index contributed by atoms with van der Waals surface area (Å²) in [5.74, 6) is -3.16. The summed E-state index contributed by atoms with van der Waals surface area (Å²) in [6.07, 6.45) is 1.62. The number of carboxylic acid groups (broad SMARTS) is 1. The van der Waals surface area contributed by atoms with Crippen LogP contribution in [0, 0.1) is 0 Å². The molecule has 166 valence electrons. The van der Waals surface area contributed by atoms with E-state index in [9.17, 15) is 24.3 Å². The summed E-state index contributed by atoms with van der Waals surface area (Å²) in [6, 6.07) is 5.82. The molecule has 0 heterocycles. The van der Waals surface area contributed by atoms with Gasteiger partial charge in [-0.3, -0.25) is 14.4 Å². The minimum absolute atomic E-state index is 0.149. The second-order valence-electron chi connectivity index (χ2n) is 7.05. The molecule has 10 heteroatoms. The van der Waals surface area contributed by atoms with Gasteiger partial charge in [-0.2, -0.15) is 0 Å². The van der Waals surface area contributed by atoms with Crippen LogP contribution in [-0.4, -0.2) is 53.5 Å². The van der Waals surface area contributed by atoms with E-state index in [2.05, 4.69) is 10.6 Å². The molecule has 0 bridgehead atoms. The van der Waals surface area contributed by atoms with Gasteiger partial charge in [0.2, 0.25) is 17.7 Å². The molecule has 0 saturated heterocycles. The Morgan fingerprint density at radius 3 is 2.13 bits per heavy atom. The van der Waals surface area contributed by atoms with Crippen molar-refractivity contribution < 1.29 is 24.3 Å². The SMILES string of the molecule is NCCCC[C@H](N)C(=O)N[C@@H](Cc1ccccc1)C(=O)N[C@@H](CCC(N)=O)C(=O)O. The highest BCUT2D eigenvalue weighted by atomic mass is 16.4. The molecule has 3 amide bonds. The van der Waals surface area contributed by atoms with Crippen molar-refractivity contribution in [3.8, 4) is 0 Å². The first-order valence-electron chi connectivity index (χ1n) is 9.86. The third kappa shape index (κ3) is 9.48. The van der Waals surface area contributed by atoms with Gasteiger partial charge in [-0.25, -0.2) is 4.79 Å². The highest BCUT2D eigenvalue weighted by Crippen LogP contribution is 2.07. The molecule has 30 heavy (non-hydrogen) atoms. The number of unbranched alkanes of at least 4 members (excludes halogenated alkanes) is 1. The van der Waals surface area contributed by atoms with Crippen molar-refractivity contribution in [2.24, 2.45) is 17.2 Å². The fourth-order valence-electron chi connectivity index (χ4n) is 2.79. The number of hydrogen-bond donors (Lipinski definition) is 6. The van der Waals surface area contributed by atoms with Gasteiger partial charge in [-0.1, -0.05) is 36.8 Å². The molecule has 0 fully saturated rings. The Labute approximate surface area is 175 Å². The highest BCUT2D eigenvalue weighted by molar-refractivity contribution is 5.92. The Morgan fingerprint density at radius 2 is 1.57 bits per heavy atom. The zero-order chi connectivity index (χ0) is 22.5. The summed E-state index contributed by atoms with van der Waals surface area (Å²) in [5.41, 5.74) is 17.2. The molecule has 0 aliphatic carbocycles. The van der Waals surface area contributed by atoms with Gasteiger partial charge in [0.25, 0.3) is 0 Å². The number of amides is 3. The van der Waals surface area contributed by atoms with Gasteiger partial charge in [-0.05, 0) is 31.4 Å². The van der Waals surface area contributed by atoms with E-state index in [-0.39, 0.29) is 19.3 Å². The van der Waals surface area contributed by atoms with Crippen molar-refractivity contribution in [2.75, 3.05) is 6.54 Å². The van der Waals surface area contributed by atoms with Crippen LogP contribution in [0.3, 0.4) is 0 Å². The summed E-state index contributed by atoms with van der Waals surface area (Å²) in [4.78, 5) is 47.6. The molecule has 0 spiro atoms. The van der Waals surface area contributed by atoms with Crippen LogP contribution >= 0.6 is 0 Å². The average Bonchev–Trinajstić information content (AvgIpc) is 2.70. The molecule has 3 atom stereocenters. The van der Waals surface area contributed by atoms with Gasteiger partial charge in [0.05, 0.1) is 6.04 Å². The molecular formula is C20H31N5O5. The molecule has 9 N–H and O–H groups in total. The van der Waals surface area contributed by atoms with E-state index >= 15 is 0 Å². The van der Waals surface area contributed by atoms with Crippen molar-refractivity contribution >= 4 is 23.7 Å². The number of rotatable bonds is 14. The van der Waals surface area contributed by atoms with E-state index in [1.165, 1.54) is 0 Å². The summed E-state index contributed by atoms with van der Waals surface area (Å²) in [7, 11) is 0. The number of nitrogens with two attached hydrogens (primary N) is 3. The van der Waals surface area contributed by atoms with Gasteiger partial charge in [0.1, 0.15) is 12.1 Å². The van der Waals surface area contributed by atoms with Crippen molar-refractivity contribution in [2.45, 2.75) is 56.7 Å². The van der Waals surface area contributed by atoms with Gasteiger partial charge in [-0.15, -0.1) is 0 Å². The van der Waals surface area contributed by atoms with Crippen molar-refractivity contribution in [3.63, 3.8) is 0 Å². The molecule has 1 aromatic carbocycles. The maximum absolute atomic E-state index is 12.8. The first-order valence-corrected chi connectivity index (χ1v) is 9.86. The van der Waals surface area contributed by atoms with Gasteiger partial charge < -0.3 is 32.9 Å². The van der Waals surface area contributed by atoms with Crippen molar-refractivity contribution in [1.82, 2.24) is 10.6 Å². The lowest BCUT2D eigenvalue weighted by Gasteiger charge is -2.23. The van der Waals surface area contributed by atoms with Crippen LogP contribution in [0.1, 0.15) is 37.7 Å².